The van der Waals surface area contributed by atoms with E-state index in [-0.39, 0.29) is 0 Å². The number of benzene rings is 2. The summed E-state index contributed by atoms with van der Waals surface area (Å²) in [5.74, 6) is 0.862. The van der Waals surface area contributed by atoms with Crippen molar-refractivity contribution in [1.82, 2.24) is 0 Å². The van der Waals surface area contributed by atoms with Crippen molar-refractivity contribution in [1.29, 1.82) is 0 Å². The molecule has 0 bridgehead atoms. The highest BCUT2D eigenvalue weighted by atomic mass is 32.4. The predicted molar refractivity (Wildman–Crippen MR) is 113 cm³/mol. The van der Waals surface area contributed by atoms with Crippen LogP contribution in [-0.4, -0.2) is 20.2 Å². The Morgan fingerprint density at radius 2 is 1.52 bits per heavy atom. The van der Waals surface area contributed by atoms with Crippen LogP contribution < -0.4 is 14.1 Å². The largest absolute Gasteiger partial charge is 0.497 e. The Morgan fingerprint density at radius 1 is 1.04 bits per heavy atom. The molecule has 0 saturated carbocycles. The molecule has 0 radical (unpaired) electrons. The Morgan fingerprint density at radius 3 is 1.96 bits per heavy atom. The molecule has 5 heteroatoms. The highest BCUT2D eigenvalue weighted by molar-refractivity contribution is 8.18. The topological polar surface area (TPSA) is 15.7 Å². The number of hydrogen-bond donors (Lipinski definition) is 0. The fourth-order valence-electron chi connectivity index (χ4n) is 3.18. The summed E-state index contributed by atoms with van der Waals surface area (Å²) < 4.78 is 10.1. The van der Waals surface area contributed by atoms with Gasteiger partial charge in [0.1, 0.15) is 12.1 Å². The van der Waals surface area contributed by atoms with Gasteiger partial charge in [0.25, 0.3) is 0 Å². The van der Waals surface area contributed by atoms with Crippen molar-refractivity contribution < 1.29 is 4.74 Å². The van der Waals surface area contributed by atoms with Crippen molar-refractivity contribution in [2.75, 3.05) is 29.5 Å². The molecule has 0 N–H and O–H groups in total. The zero-order chi connectivity index (χ0) is 18.0. The second-order valence-electron chi connectivity index (χ2n) is 6.24. The lowest BCUT2D eigenvalue weighted by molar-refractivity contribution is 0.415. The molecule has 0 amide bonds. The van der Waals surface area contributed by atoms with E-state index < -0.39 is 6.34 Å². The molecule has 2 aromatic carbocycles. The second-order valence-corrected chi connectivity index (χ2v) is 10.5. The quantitative estimate of drug-likeness (QED) is 0.638. The number of methoxy groups -OCH3 is 1. The minimum atomic E-state index is -2.10. The van der Waals surface area contributed by atoms with Crippen molar-refractivity contribution >= 4 is 29.5 Å². The van der Waals surface area contributed by atoms with Gasteiger partial charge >= 0.3 is 0 Å². The number of nitrogens with zero attached hydrogens (tertiary/aromatic N) is 2. The molecule has 0 spiro atoms. The highest BCUT2D eigenvalue weighted by Crippen LogP contribution is 2.66. The Kier molecular flexibility index (Phi) is 5.21. The first-order valence-corrected chi connectivity index (χ1v) is 11.3. The standard InChI is InChI=1S/C20H25N2OPS/c1-5-17(3)24(25)21(18-8-6-16(2)7-9-18)14-15-22(24)19-10-12-20(23-4)13-11-19/h6-13H,3,5,14-15H2,1-2,4H3. The monoisotopic (exact) mass is 372 g/mol. The van der Waals surface area contributed by atoms with Gasteiger partial charge in [-0.15, -0.1) is 0 Å². The van der Waals surface area contributed by atoms with Crippen LogP contribution in [0.1, 0.15) is 18.9 Å². The molecule has 3 nitrogen and oxygen atoms in total. The van der Waals surface area contributed by atoms with Crippen LogP contribution in [-0.2, 0) is 11.8 Å². The van der Waals surface area contributed by atoms with Crippen molar-refractivity contribution in [3.63, 3.8) is 0 Å². The second kappa shape index (κ2) is 7.23. The molecule has 1 fully saturated rings. The van der Waals surface area contributed by atoms with E-state index in [2.05, 4.69) is 66.2 Å². The fraction of sp³-hybridized carbons (Fsp3) is 0.300. The van der Waals surface area contributed by atoms with Crippen LogP contribution in [0.5, 0.6) is 5.75 Å². The summed E-state index contributed by atoms with van der Waals surface area (Å²) in [7, 11) is 1.69. The molecular weight excluding hydrogens is 347 g/mol. The van der Waals surface area contributed by atoms with Crippen molar-refractivity contribution in [2.45, 2.75) is 20.3 Å². The Hall–Kier alpha value is -1.77. The fourth-order valence-corrected chi connectivity index (χ4v) is 7.59. The molecule has 25 heavy (non-hydrogen) atoms. The summed E-state index contributed by atoms with van der Waals surface area (Å²) in [4.78, 5) is 0. The zero-order valence-electron chi connectivity index (χ0n) is 15.1. The molecular formula is C20H25N2OPS. The zero-order valence-corrected chi connectivity index (χ0v) is 16.8. The number of rotatable bonds is 5. The number of ether oxygens (including phenoxy) is 1. The summed E-state index contributed by atoms with van der Waals surface area (Å²) >= 11 is 6.32. The van der Waals surface area contributed by atoms with E-state index in [0.717, 1.165) is 36.3 Å². The molecule has 1 saturated heterocycles. The lowest BCUT2D eigenvalue weighted by Crippen LogP contribution is -2.19. The molecule has 132 valence electrons. The maximum Gasteiger partial charge on any atom is 0.149 e. The van der Waals surface area contributed by atoms with E-state index in [1.165, 1.54) is 11.3 Å². The Labute approximate surface area is 156 Å². The third kappa shape index (κ3) is 3.21. The average molecular weight is 372 g/mol. The van der Waals surface area contributed by atoms with E-state index >= 15 is 0 Å². The van der Waals surface area contributed by atoms with E-state index in [0.29, 0.717) is 0 Å². The molecule has 1 aliphatic heterocycles. The van der Waals surface area contributed by atoms with Crippen molar-refractivity contribution in [3.8, 4) is 5.75 Å². The first kappa shape index (κ1) is 18.0. The third-order valence-electron chi connectivity index (χ3n) is 4.70. The van der Waals surface area contributed by atoms with Crippen molar-refractivity contribution in [3.05, 3.63) is 66.0 Å². The minimum absolute atomic E-state index is 0.862. The van der Waals surface area contributed by atoms with Gasteiger partial charge in [-0.05, 0) is 66.9 Å². The molecule has 1 atom stereocenters. The van der Waals surface area contributed by atoms with E-state index in [9.17, 15) is 0 Å². The van der Waals surface area contributed by atoms with E-state index in [4.69, 9.17) is 16.5 Å². The Bertz CT molecular complexity index is 801. The summed E-state index contributed by atoms with van der Waals surface area (Å²) in [6.45, 7) is 10.5. The van der Waals surface area contributed by atoms with Gasteiger partial charge in [0, 0.05) is 24.5 Å². The number of anilines is 2. The predicted octanol–water partition coefficient (Wildman–Crippen LogP) is 5.56. The normalized spacial score (nSPS) is 20.0. The van der Waals surface area contributed by atoms with Gasteiger partial charge in [-0.25, -0.2) is 0 Å². The van der Waals surface area contributed by atoms with E-state index in [1.54, 1.807) is 7.11 Å². The van der Waals surface area contributed by atoms with Crippen LogP contribution in [0.2, 0.25) is 0 Å². The maximum atomic E-state index is 6.32. The first-order valence-electron chi connectivity index (χ1n) is 8.56. The maximum absolute atomic E-state index is 6.32. The lowest BCUT2D eigenvalue weighted by Gasteiger charge is -2.37. The summed E-state index contributed by atoms with van der Waals surface area (Å²) in [5.41, 5.74) is 3.60. The number of hydrogen-bond acceptors (Lipinski definition) is 2. The van der Waals surface area contributed by atoms with Crippen LogP contribution in [0.4, 0.5) is 11.4 Å². The number of allylic oxidation sites excluding steroid dienone is 1. The summed E-state index contributed by atoms with van der Waals surface area (Å²) in [6, 6.07) is 16.9. The van der Waals surface area contributed by atoms with Crippen LogP contribution in [0.25, 0.3) is 0 Å². The highest BCUT2D eigenvalue weighted by Gasteiger charge is 2.40. The van der Waals surface area contributed by atoms with Gasteiger partial charge in [-0.3, -0.25) is 0 Å². The van der Waals surface area contributed by atoms with E-state index in [1.807, 2.05) is 12.1 Å². The van der Waals surface area contributed by atoms with Crippen LogP contribution >= 0.6 is 6.34 Å². The van der Waals surface area contributed by atoms with Gasteiger partial charge in [-0.1, -0.05) is 31.2 Å². The molecule has 1 aliphatic rings. The van der Waals surface area contributed by atoms with Crippen LogP contribution in [0.15, 0.2) is 60.4 Å². The summed E-state index contributed by atoms with van der Waals surface area (Å²) in [6.07, 6.45) is -1.20. The summed E-state index contributed by atoms with van der Waals surface area (Å²) in [5, 5.41) is 1.15. The lowest BCUT2D eigenvalue weighted by atomic mass is 10.2. The van der Waals surface area contributed by atoms with Crippen molar-refractivity contribution in [2.24, 2.45) is 0 Å². The first-order chi connectivity index (χ1) is 12.0. The Balaban J connectivity index is 2.03. The van der Waals surface area contributed by atoms with Crippen LogP contribution in [0, 0.1) is 6.92 Å². The van der Waals surface area contributed by atoms with Gasteiger partial charge < -0.3 is 14.1 Å². The van der Waals surface area contributed by atoms with Gasteiger partial charge in [0.2, 0.25) is 0 Å². The minimum Gasteiger partial charge on any atom is -0.497 e. The molecule has 2 aromatic rings. The molecule has 3 rings (SSSR count). The van der Waals surface area contributed by atoms with Crippen LogP contribution in [0.3, 0.4) is 0 Å². The van der Waals surface area contributed by atoms with Gasteiger partial charge in [-0.2, -0.15) is 0 Å². The number of aryl methyl sites for hydroxylation is 1. The SMILES string of the molecule is C=C(CC)P1(=S)N(c2ccc(C)cc2)CCN1c1ccc(OC)cc1. The van der Waals surface area contributed by atoms with Gasteiger partial charge in [0.15, 0.2) is 0 Å². The van der Waals surface area contributed by atoms with Gasteiger partial charge in [0.05, 0.1) is 7.11 Å². The molecule has 0 aromatic heterocycles. The molecule has 0 aliphatic carbocycles. The molecule has 1 heterocycles. The average Bonchev–Trinajstić information content (AvgIpc) is 3.00. The third-order valence-corrected chi connectivity index (χ3v) is 9.97. The molecule has 1 unspecified atom stereocenters. The smallest absolute Gasteiger partial charge is 0.149 e.